The first-order valence-corrected chi connectivity index (χ1v) is 7.68. The van der Waals surface area contributed by atoms with Gasteiger partial charge in [0.2, 0.25) is 5.91 Å². The van der Waals surface area contributed by atoms with Crippen molar-refractivity contribution in [2.24, 2.45) is 5.92 Å². The van der Waals surface area contributed by atoms with Gasteiger partial charge in [0, 0.05) is 6.04 Å². The van der Waals surface area contributed by atoms with Gasteiger partial charge in [-0.2, -0.15) is 5.26 Å². The average Bonchev–Trinajstić information content (AvgIpc) is 2.50. The SMILES string of the molecule is C[C@H](N[C@H]1CCCC[C@@H]1C)C(=O)Nc1ccccc1C#N. The predicted octanol–water partition coefficient (Wildman–Crippen LogP) is 3.05. The largest absolute Gasteiger partial charge is 0.324 e. The number of hydrogen-bond donors (Lipinski definition) is 2. The van der Waals surface area contributed by atoms with E-state index in [2.05, 4.69) is 23.6 Å². The van der Waals surface area contributed by atoms with E-state index in [1.807, 2.05) is 13.0 Å². The Balaban J connectivity index is 1.95. The molecule has 2 N–H and O–H groups in total. The van der Waals surface area contributed by atoms with Crippen LogP contribution in [0.15, 0.2) is 24.3 Å². The lowest BCUT2D eigenvalue weighted by molar-refractivity contribution is -0.118. The molecule has 1 aliphatic carbocycles. The fraction of sp³-hybridized carbons (Fsp3) is 0.529. The highest BCUT2D eigenvalue weighted by molar-refractivity contribution is 5.95. The summed E-state index contributed by atoms with van der Waals surface area (Å²) in [6.45, 7) is 4.12. The monoisotopic (exact) mass is 285 g/mol. The smallest absolute Gasteiger partial charge is 0.241 e. The van der Waals surface area contributed by atoms with Crippen LogP contribution in [0.2, 0.25) is 0 Å². The van der Waals surface area contributed by atoms with Crippen molar-refractivity contribution in [3.8, 4) is 6.07 Å². The molecule has 0 bridgehead atoms. The quantitative estimate of drug-likeness (QED) is 0.893. The van der Waals surface area contributed by atoms with Crippen LogP contribution in [-0.2, 0) is 4.79 Å². The van der Waals surface area contributed by atoms with E-state index < -0.39 is 0 Å². The van der Waals surface area contributed by atoms with Gasteiger partial charge < -0.3 is 10.6 Å². The normalized spacial score (nSPS) is 23.1. The van der Waals surface area contributed by atoms with Gasteiger partial charge in [-0.15, -0.1) is 0 Å². The average molecular weight is 285 g/mol. The number of carbonyl (C=O) groups excluding carboxylic acids is 1. The van der Waals surface area contributed by atoms with E-state index in [9.17, 15) is 4.79 Å². The maximum absolute atomic E-state index is 12.3. The van der Waals surface area contributed by atoms with Gasteiger partial charge >= 0.3 is 0 Å². The Bertz CT molecular complexity index is 535. The number of nitriles is 1. The molecule has 1 aromatic carbocycles. The zero-order valence-electron chi connectivity index (χ0n) is 12.7. The van der Waals surface area contributed by atoms with Gasteiger partial charge in [0.1, 0.15) is 6.07 Å². The van der Waals surface area contributed by atoms with Crippen molar-refractivity contribution < 1.29 is 4.79 Å². The Morgan fingerprint density at radius 3 is 2.76 bits per heavy atom. The maximum atomic E-state index is 12.3. The molecule has 0 aliphatic heterocycles. The summed E-state index contributed by atoms with van der Waals surface area (Å²) in [6, 6.07) is 9.31. The number of nitrogens with zero attached hydrogens (tertiary/aromatic N) is 1. The van der Waals surface area contributed by atoms with Crippen LogP contribution >= 0.6 is 0 Å². The summed E-state index contributed by atoms with van der Waals surface area (Å²) >= 11 is 0. The van der Waals surface area contributed by atoms with E-state index in [0.717, 1.165) is 6.42 Å². The van der Waals surface area contributed by atoms with Gasteiger partial charge in [-0.25, -0.2) is 0 Å². The lowest BCUT2D eigenvalue weighted by Crippen LogP contribution is -2.47. The number of benzene rings is 1. The standard InChI is InChI=1S/C17H23N3O/c1-12-7-3-5-9-15(12)19-13(2)17(21)20-16-10-6-4-8-14(16)11-18/h4,6,8,10,12-13,15,19H,3,5,7,9H2,1-2H3,(H,20,21)/t12-,13-,15-/m0/s1. The molecule has 0 heterocycles. The molecule has 1 fully saturated rings. The van der Waals surface area contributed by atoms with Gasteiger partial charge in [0.15, 0.2) is 0 Å². The molecule has 1 amide bonds. The zero-order chi connectivity index (χ0) is 15.2. The van der Waals surface area contributed by atoms with E-state index in [1.165, 1.54) is 19.3 Å². The van der Waals surface area contributed by atoms with Crippen LogP contribution in [0.1, 0.15) is 45.1 Å². The summed E-state index contributed by atoms with van der Waals surface area (Å²) < 4.78 is 0. The van der Waals surface area contributed by atoms with Gasteiger partial charge in [0.25, 0.3) is 0 Å². The van der Waals surface area contributed by atoms with E-state index in [1.54, 1.807) is 18.2 Å². The molecule has 4 nitrogen and oxygen atoms in total. The van der Waals surface area contributed by atoms with Gasteiger partial charge in [-0.05, 0) is 37.8 Å². The van der Waals surface area contributed by atoms with Crippen LogP contribution in [0.25, 0.3) is 0 Å². The number of nitrogens with one attached hydrogen (secondary N) is 2. The maximum Gasteiger partial charge on any atom is 0.241 e. The van der Waals surface area contributed by atoms with Crippen LogP contribution < -0.4 is 10.6 Å². The van der Waals surface area contributed by atoms with E-state index in [0.29, 0.717) is 23.2 Å². The molecular weight excluding hydrogens is 262 g/mol. The van der Waals surface area contributed by atoms with E-state index in [4.69, 9.17) is 5.26 Å². The van der Waals surface area contributed by atoms with Crippen LogP contribution in [0.4, 0.5) is 5.69 Å². The second-order valence-electron chi connectivity index (χ2n) is 5.90. The molecule has 1 aromatic rings. The Morgan fingerprint density at radius 2 is 2.05 bits per heavy atom. The number of hydrogen-bond acceptors (Lipinski definition) is 3. The molecule has 21 heavy (non-hydrogen) atoms. The minimum atomic E-state index is -0.262. The molecule has 2 rings (SSSR count). The van der Waals surface area contributed by atoms with Gasteiger partial charge in [0.05, 0.1) is 17.3 Å². The Morgan fingerprint density at radius 1 is 1.33 bits per heavy atom. The Hall–Kier alpha value is -1.86. The summed E-state index contributed by atoms with van der Waals surface area (Å²) in [4.78, 5) is 12.3. The molecule has 4 heteroatoms. The van der Waals surface area contributed by atoms with Crippen molar-refractivity contribution >= 4 is 11.6 Å². The van der Waals surface area contributed by atoms with Crippen molar-refractivity contribution in [2.75, 3.05) is 5.32 Å². The molecule has 1 aliphatic rings. The molecule has 0 aromatic heterocycles. The van der Waals surface area contributed by atoms with E-state index >= 15 is 0 Å². The summed E-state index contributed by atoms with van der Waals surface area (Å²) in [5.74, 6) is 0.524. The van der Waals surface area contributed by atoms with Crippen LogP contribution in [0.3, 0.4) is 0 Å². The lowest BCUT2D eigenvalue weighted by atomic mass is 9.85. The van der Waals surface area contributed by atoms with Gasteiger partial charge in [-0.3, -0.25) is 4.79 Å². The van der Waals surface area contributed by atoms with Crippen molar-refractivity contribution in [3.05, 3.63) is 29.8 Å². The zero-order valence-corrected chi connectivity index (χ0v) is 12.7. The molecule has 112 valence electrons. The molecule has 0 spiro atoms. The topological polar surface area (TPSA) is 64.9 Å². The summed E-state index contributed by atoms with van der Waals surface area (Å²) in [6.07, 6.45) is 4.87. The Kier molecular flexibility index (Phi) is 5.35. The highest BCUT2D eigenvalue weighted by atomic mass is 16.2. The summed E-state index contributed by atoms with van der Waals surface area (Å²) in [7, 11) is 0. The number of carbonyl (C=O) groups is 1. The first kappa shape index (κ1) is 15.5. The molecule has 0 radical (unpaired) electrons. The fourth-order valence-corrected chi connectivity index (χ4v) is 2.89. The third-order valence-corrected chi connectivity index (χ3v) is 4.27. The van der Waals surface area contributed by atoms with Crippen molar-refractivity contribution in [1.29, 1.82) is 5.26 Å². The molecule has 3 atom stereocenters. The number of para-hydroxylation sites is 1. The second kappa shape index (κ2) is 7.24. The van der Waals surface area contributed by atoms with Gasteiger partial charge in [-0.1, -0.05) is 31.9 Å². The predicted molar refractivity (Wildman–Crippen MR) is 83.8 cm³/mol. The Labute approximate surface area is 126 Å². The second-order valence-corrected chi connectivity index (χ2v) is 5.90. The van der Waals surface area contributed by atoms with E-state index in [-0.39, 0.29) is 11.9 Å². The van der Waals surface area contributed by atoms with Crippen molar-refractivity contribution in [3.63, 3.8) is 0 Å². The number of anilines is 1. The minimum Gasteiger partial charge on any atom is -0.324 e. The minimum absolute atomic E-state index is 0.0875. The molecule has 0 unspecified atom stereocenters. The fourth-order valence-electron chi connectivity index (χ4n) is 2.89. The van der Waals surface area contributed by atoms with Crippen LogP contribution in [0, 0.1) is 17.2 Å². The lowest BCUT2D eigenvalue weighted by Gasteiger charge is -2.31. The number of rotatable bonds is 4. The molecular formula is C17H23N3O. The molecule has 1 saturated carbocycles. The third kappa shape index (κ3) is 4.05. The van der Waals surface area contributed by atoms with Crippen LogP contribution in [-0.4, -0.2) is 18.0 Å². The molecule has 0 saturated heterocycles. The highest BCUT2D eigenvalue weighted by Gasteiger charge is 2.25. The third-order valence-electron chi connectivity index (χ3n) is 4.27. The summed E-state index contributed by atoms with van der Waals surface area (Å²) in [5, 5.41) is 15.3. The van der Waals surface area contributed by atoms with Crippen molar-refractivity contribution in [1.82, 2.24) is 5.32 Å². The van der Waals surface area contributed by atoms with Crippen LogP contribution in [0.5, 0.6) is 0 Å². The first-order valence-electron chi connectivity index (χ1n) is 7.68. The highest BCUT2D eigenvalue weighted by Crippen LogP contribution is 2.24. The summed E-state index contributed by atoms with van der Waals surface area (Å²) in [5.41, 5.74) is 1.07. The number of amides is 1. The first-order chi connectivity index (χ1) is 10.1. The van der Waals surface area contributed by atoms with Crippen molar-refractivity contribution in [2.45, 2.75) is 51.6 Å².